The molecule has 4 aromatic carbocycles. The van der Waals surface area contributed by atoms with E-state index in [-0.39, 0.29) is 28.1 Å². The first-order chi connectivity index (χ1) is 30.1. The lowest BCUT2D eigenvalue weighted by molar-refractivity contribution is -0.384. The van der Waals surface area contributed by atoms with E-state index in [9.17, 15) is 27.9 Å². The second-order valence-corrected chi connectivity index (χ2v) is 19.3. The maximum absolute atomic E-state index is 16.6. The van der Waals surface area contributed by atoms with E-state index in [0.29, 0.717) is 69.6 Å². The number of allylic oxidation sites excluding steroid dienone is 1. The molecule has 0 aliphatic carbocycles. The number of non-ortho nitro benzene ring substituents is 1. The number of nitro groups is 1. The van der Waals surface area contributed by atoms with Gasteiger partial charge in [0, 0.05) is 79.9 Å². The van der Waals surface area contributed by atoms with Gasteiger partial charge in [0.15, 0.2) is 28.8 Å². The molecule has 18 heteroatoms. The van der Waals surface area contributed by atoms with Crippen molar-refractivity contribution >= 4 is 49.8 Å². The molecule has 13 nitrogen and oxygen atoms in total. The van der Waals surface area contributed by atoms with Crippen molar-refractivity contribution in [3.05, 3.63) is 131 Å². The van der Waals surface area contributed by atoms with Crippen molar-refractivity contribution in [3.63, 3.8) is 0 Å². The Morgan fingerprint density at radius 1 is 0.938 bits per heavy atom. The highest BCUT2D eigenvalue weighted by Crippen LogP contribution is 2.52. The standard InChI is InChI=1S/C46H42F4N6O7S/c1-23-20-45(2,3)54-15-7-9-27-40(54)29(23)17-32-31(33-18-30-24(22-64(60,61)62)21-46(4,5)55-16-8-10-28(41(30)55)43(33)63-42(27)32)19-34-35(37(48)39(50)38(49)36(34)47)44(57)53(6)52-51-25-11-13-26(14-12-25)56(58)59/h11-14,17-18,20-21H,7-10,15-16,19,22H2,1-6H3. The molecule has 0 spiro atoms. The predicted molar refractivity (Wildman–Crippen MR) is 229 cm³/mol. The normalized spacial score (nSPS) is 17.8. The Kier molecular flexibility index (Phi) is 10.0. The minimum Gasteiger partial charge on any atom is -0.748 e. The van der Waals surface area contributed by atoms with Gasteiger partial charge in [0.05, 0.1) is 54.4 Å². The molecule has 0 radical (unpaired) electrons. The van der Waals surface area contributed by atoms with Crippen LogP contribution in [0.2, 0.25) is 0 Å². The Balaban J connectivity index is 1.32. The summed E-state index contributed by atoms with van der Waals surface area (Å²) in [5, 5.41) is 20.3. The number of rotatable bonds is 8. The van der Waals surface area contributed by atoms with E-state index in [4.69, 9.17) is 4.74 Å². The van der Waals surface area contributed by atoms with Crippen LogP contribution in [0.1, 0.15) is 91.2 Å². The van der Waals surface area contributed by atoms with Crippen molar-refractivity contribution < 1.29 is 45.0 Å². The third kappa shape index (κ3) is 6.88. The van der Waals surface area contributed by atoms with Gasteiger partial charge < -0.3 is 14.2 Å². The molecule has 1 amide bonds. The fourth-order valence-corrected chi connectivity index (χ4v) is 10.8. The van der Waals surface area contributed by atoms with Crippen molar-refractivity contribution in [1.29, 1.82) is 0 Å². The minimum atomic E-state index is -4.81. The number of nitro benzene ring substituents is 1. The monoisotopic (exact) mass is 898 g/mol. The summed E-state index contributed by atoms with van der Waals surface area (Å²) >= 11 is 0. The number of nitrogens with zero attached hydrogens (tertiary/aromatic N) is 6. The lowest BCUT2D eigenvalue weighted by atomic mass is 9.79. The van der Waals surface area contributed by atoms with E-state index in [1.807, 2.05) is 26.8 Å². The van der Waals surface area contributed by atoms with Gasteiger partial charge in [-0.2, -0.15) is 0 Å². The molecule has 0 aromatic heterocycles. The maximum atomic E-state index is 16.6. The smallest absolute Gasteiger partial charge is 0.278 e. The summed E-state index contributed by atoms with van der Waals surface area (Å²) < 4.78 is 110. The number of carbonyl (C=O) groups excluding carboxylic acids is 1. The van der Waals surface area contributed by atoms with E-state index in [1.165, 1.54) is 12.1 Å². The lowest BCUT2D eigenvalue weighted by Gasteiger charge is -2.47. The highest BCUT2D eigenvalue weighted by molar-refractivity contribution is 7.86. The van der Waals surface area contributed by atoms with E-state index < -0.39 is 73.1 Å². The number of hydrogen-bond acceptors (Lipinski definition) is 10. The second-order valence-electron chi connectivity index (χ2n) is 17.9. The number of halogens is 4. The molecule has 0 bridgehead atoms. The van der Waals surface area contributed by atoms with Crippen molar-refractivity contribution in [2.45, 2.75) is 77.8 Å². The Morgan fingerprint density at radius 3 is 2.31 bits per heavy atom. The number of anilines is 1. The molecule has 332 valence electrons. The second kappa shape index (κ2) is 14.9. The lowest BCUT2D eigenvalue weighted by Crippen LogP contribution is -2.53. The number of fused-ring (bicyclic) bond motifs is 4. The highest BCUT2D eigenvalue weighted by atomic mass is 32.2. The summed E-state index contributed by atoms with van der Waals surface area (Å²) in [6, 6.07) is 8.28. The average Bonchev–Trinajstić information content (AvgIpc) is 3.23. The molecular weight excluding hydrogens is 857 g/mol. The minimum absolute atomic E-state index is 0.0550. The third-order valence-corrected chi connectivity index (χ3v) is 13.5. The summed E-state index contributed by atoms with van der Waals surface area (Å²) in [6.45, 7) is 11.4. The number of amides is 1. The van der Waals surface area contributed by atoms with Crippen molar-refractivity contribution in [2.75, 3.05) is 30.8 Å². The molecule has 5 aliphatic heterocycles. The number of hydrogen-bond donors (Lipinski definition) is 0. The van der Waals surface area contributed by atoms with Gasteiger partial charge in [-0.1, -0.05) is 11.3 Å². The number of ether oxygens (including phenoxy) is 1. The molecule has 4 aromatic rings. The summed E-state index contributed by atoms with van der Waals surface area (Å²) in [5.74, 6) is -9.58. The molecule has 0 saturated carbocycles. The molecule has 0 unspecified atom stereocenters. The predicted octanol–water partition coefficient (Wildman–Crippen LogP) is 7.58. The first kappa shape index (κ1) is 43.0. The van der Waals surface area contributed by atoms with Crippen LogP contribution in [0.5, 0.6) is 11.5 Å². The molecule has 0 N–H and O–H groups in total. The molecule has 5 heterocycles. The average molecular weight is 899 g/mol. The zero-order valence-corrected chi connectivity index (χ0v) is 36.6. The molecule has 64 heavy (non-hydrogen) atoms. The first-order valence-electron chi connectivity index (χ1n) is 20.7. The number of carbonyl (C=O) groups is 1. The van der Waals surface area contributed by atoms with Crippen LogP contribution in [0, 0.1) is 33.4 Å². The van der Waals surface area contributed by atoms with Gasteiger partial charge in [0.2, 0.25) is 5.36 Å². The summed E-state index contributed by atoms with van der Waals surface area (Å²) in [7, 11) is -3.76. The van der Waals surface area contributed by atoms with Gasteiger partial charge in [-0.3, -0.25) is 14.9 Å². The van der Waals surface area contributed by atoms with E-state index >= 15 is 17.6 Å². The van der Waals surface area contributed by atoms with Crippen LogP contribution in [-0.4, -0.2) is 65.8 Å². The molecule has 9 rings (SSSR count). The summed E-state index contributed by atoms with van der Waals surface area (Å²) in [4.78, 5) is 26.9. The summed E-state index contributed by atoms with van der Waals surface area (Å²) in [5.41, 5.74) is 2.33. The van der Waals surface area contributed by atoms with Gasteiger partial charge in [0.25, 0.3) is 11.6 Å². The zero-order valence-electron chi connectivity index (χ0n) is 35.7. The van der Waals surface area contributed by atoms with Gasteiger partial charge in [-0.15, -0.1) is 5.11 Å². The molecule has 0 saturated heterocycles. The van der Waals surface area contributed by atoms with Gasteiger partial charge >= 0.3 is 0 Å². The fourth-order valence-electron chi connectivity index (χ4n) is 10.2. The van der Waals surface area contributed by atoms with Crippen molar-refractivity contribution in [3.8, 4) is 11.5 Å². The zero-order chi connectivity index (χ0) is 45.9. The van der Waals surface area contributed by atoms with Gasteiger partial charge in [-0.25, -0.2) is 35.6 Å². The SMILES string of the molecule is CC1=CC(C)(C)N2CCCc3c4c(cc1c32)C(Cc1c(F)c(F)c(F)c(F)c1C(=O)N(C)N=Nc1ccc([N+](=O)[O-])cc1)=c1cc2c3c(c1O4)CCC[N+]=3C(C)(C)C=C2CS(=O)(=O)[O-]. The van der Waals surface area contributed by atoms with Crippen molar-refractivity contribution in [1.82, 2.24) is 9.58 Å². The van der Waals surface area contributed by atoms with Crippen LogP contribution < -0.4 is 24.8 Å². The van der Waals surface area contributed by atoms with Crippen LogP contribution in [0.25, 0.3) is 16.7 Å². The maximum Gasteiger partial charge on any atom is 0.278 e. The first-order valence-corrected chi connectivity index (χ1v) is 22.3. The number of benzene rings is 4. The Bertz CT molecular complexity index is 3150. The van der Waals surface area contributed by atoms with E-state index in [0.717, 1.165) is 54.5 Å². The Morgan fingerprint density at radius 2 is 1.62 bits per heavy atom. The van der Waals surface area contributed by atoms with Gasteiger partial charge in [-0.05, 0) is 87.1 Å². The molecule has 0 atom stereocenters. The van der Waals surface area contributed by atoms with Crippen LogP contribution in [0.3, 0.4) is 0 Å². The molecule has 0 fully saturated rings. The fraction of sp³-hybridized carbons (Fsp3) is 0.348. The quantitative estimate of drug-likeness (QED) is 0.0256. The van der Waals surface area contributed by atoms with E-state index in [2.05, 4.69) is 39.7 Å². The Hall–Kier alpha value is -6.27. The van der Waals surface area contributed by atoms with Crippen LogP contribution >= 0.6 is 0 Å². The van der Waals surface area contributed by atoms with Crippen molar-refractivity contribution in [2.24, 2.45) is 10.3 Å². The van der Waals surface area contributed by atoms with Crippen LogP contribution in [0.4, 0.5) is 34.6 Å². The highest BCUT2D eigenvalue weighted by Gasteiger charge is 2.43. The third-order valence-electron chi connectivity index (χ3n) is 12.9. The Labute approximate surface area is 365 Å². The molecule has 5 aliphatic rings. The van der Waals surface area contributed by atoms with Crippen LogP contribution in [0.15, 0.2) is 58.9 Å². The largest absolute Gasteiger partial charge is 0.748 e. The topological polar surface area (TPSA) is 161 Å². The van der Waals surface area contributed by atoms with E-state index in [1.54, 1.807) is 12.1 Å². The van der Waals surface area contributed by atoms with Crippen LogP contribution in [-0.2, 0) is 29.4 Å². The summed E-state index contributed by atoms with van der Waals surface area (Å²) in [6.07, 6.45) is 5.63. The van der Waals surface area contributed by atoms with Gasteiger partial charge in [0.1, 0.15) is 18.0 Å². The molecular formula is C46H42F4N6O7S.